The molecule has 9 heteroatoms. The second-order valence-corrected chi connectivity index (χ2v) is 8.09. The lowest BCUT2D eigenvalue weighted by Crippen LogP contribution is -2.40. The zero-order chi connectivity index (χ0) is 22.1. The minimum atomic E-state index is -0.251. The molecule has 162 valence electrons. The predicted octanol–water partition coefficient (Wildman–Crippen LogP) is 2.61. The standard InChI is InChI=1S/C23H24N8O/c1-30-14-18(13-26-30)15-2-3-20-17(10-15)11-21(29-28-20)27-23(32)16-4-7-25-22(12-16)31-8-5-19(24)6-9-31/h2-4,7,10-14,19H,5-6,8-9,24H2,1H3,(H,27,29,32). The molecule has 0 unspecified atom stereocenters. The number of aryl methyl sites for hydroxylation is 1. The number of fused-ring (bicyclic) bond motifs is 1. The van der Waals surface area contributed by atoms with Gasteiger partial charge < -0.3 is 16.0 Å². The van der Waals surface area contributed by atoms with Crippen LogP contribution in [-0.2, 0) is 7.05 Å². The third-order valence-corrected chi connectivity index (χ3v) is 5.74. The topological polar surface area (TPSA) is 115 Å². The van der Waals surface area contributed by atoms with Crippen LogP contribution in [0.5, 0.6) is 0 Å². The molecule has 0 aliphatic carbocycles. The largest absolute Gasteiger partial charge is 0.356 e. The number of carbonyl (C=O) groups excluding carboxylic acids is 1. The zero-order valence-corrected chi connectivity index (χ0v) is 17.8. The molecule has 0 atom stereocenters. The highest BCUT2D eigenvalue weighted by Gasteiger charge is 2.18. The van der Waals surface area contributed by atoms with E-state index in [0.29, 0.717) is 11.4 Å². The Morgan fingerprint density at radius 1 is 1.09 bits per heavy atom. The molecular formula is C23H24N8O. The van der Waals surface area contributed by atoms with Crippen LogP contribution >= 0.6 is 0 Å². The highest BCUT2D eigenvalue weighted by Crippen LogP contribution is 2.24. The number of amides is 1. The summed E-state index contributed by atoms with van der Waals surface area (Å²) in [4.78, 5) is 19.5. The lowest BCUT2D eigenvalue weighted by molar-refractivity contribution is 0.102. The number of rotatable bonds is 4. The molecule has 5 rings (SSSR count). The van der Waals surface area contributed by atoms with Gasteiger partial charge >= 0.3 is 0 Å². The molecule has 9 nitrogen and oxygen atoms in total. The van der Waals surface area contributed by atoms with E-state index in [1.165, 1.54) is 0 Å². The fourth-order valence-electron chi connectivity index (χ4n) is 3.91. The maximum absolute atomic E-state index is 12.9. The van der Waals surface area contributed by atoms with E-state index in [1.54, 1.807) is 23.0 Å². The summed E-state index contributed by atoms with van der Waals surface area (Å²) in [5.41, 5.74) is 9.31. The smallest absolute Gasteiger partial charge is 0.257 e. The Bertz CT molecular complexity index is 1280. The van der Waals surface area contributed by atoms with Gasteiger partial charge in [0, 0.05) is 55.1 Å². The first-order valence-corrected chi connectivity index (χ1v) is 10.6. The van der Waals surface area contributed by atoms with Gasteiger partial charge in [0.1, 0.15) is 5.82 Å². The van der Waals surface area contributed by atoms with Gasteiger partial charge in [0.05, 0.1) is 11.7 Å². The Morgan fingerprint density at radius 2 is 1.94 bits per heavy atom. The summed E-state index contributed by atoms with van der Waals surface area (Å²) in [5.74, 6) is 0.933. The zero-order valence-electron chi connectivity index (χ0n) is 17.8. The Balaban J connectivity index is 1.36. The third-order valence-electron chi connectivity index (χ3n) is 5.74. The number of piperidine rings is 1. The van der Waals surface area contributed by atoms with Crippen LogP contribution in [0.3, 0.4) is 0 Å². The fraction of sp³-hybridized carbons (Fsp3) is 0.261. The fourth-order valence-corrected chi connectivity index (χ4v) is 3.91. The van der Waals surface area contributed by atoms with Crippen molar-refractivity contribution in [2.75, 3.05) is 23.3 Å². The molecule has 0 radical (unpaired) electrons. The molecular weight excluding hydrogens is 404 g/mol. The molecule has 1 aliphatic rings. The molecule has 1 saturated heterocycles. The Hall–Kier alpha value is -3.85. The van der Waals surface area contributed by atoms with Gasteiger partial charge in [-0.25, -0.2) is 4.98 Å². The number of hydrogen-bond donors (Lipinski definition) is 2. The average Bonchev–Trinajstić information content (AvgIpc) is 3.25. The second-order valence-electron chi connectivity index (χ2n) is 8.09. The Labute approximate surface area is 185 Å². The van der Waals surface area contributed by atoms with Crippen molar-refractivity contribution in [1.29, 1.82) is 0 Å². The minimum absolute atomic E-state index is 0.239. The van der Waals surface area contributed by atoms with Crippen LogP contribution in [0.2, 0.25) is 0 Å². The molecule has 4 aromatic rings. The van der Waals surface area contributed by atoms with Gasteiger partial charge in [0.25, 0.3) is 5.91 Å². The van der Waals surface area contributed by atoms with Gasteiger partial charge in [0.15, 0.2) is 5.82 Å². The van der Waals surface area contributed by atoms with Crippen LogP contribution in [-0.4, -0.2) is 50.0 Å². The number of benzene rings is 1. The second kappa shape index (κ2) is 8.35. The summed E-state index contributed by atoms with van der Waals surface area (Å²) in [6.07, 6.45) is 7.27. The van der Waals surface area contributed by atoms with Gasteiger partial charge in [-0.15, -0.1) is 10.2 Å². The van der Waals surface area contributed by atoms with Gasteiger partial charge in [-0.1, -0.05) is 6.07 Å². The van der Waals surface area contributed by atoms with E-state index in [4.69, 9.17) is 5.73 Å². The van der Waals surface area contributed by atoms with Crippen LogP contribution in [0.1, 0.15) is 23.2 Å². The normalized spacial score (nSPS) is 14.6. The van der Waals surface area contributed by atoms with Crippen LogP contribution in [0, 0.1) is 0 Å². The lowest BCUT2D eigenvalue weighted by atomic mass is 10.1. The first-order chi connectivity index (χ1) is 15.5. The maximum Gasteiger partial charge on any atom is 0.257 e. The number of nitrogens with two attached hydrogens (primary N) is 1. The summed E-state index contributed by atoms with van der Waals surface area (Å²) in [7, 11) is 1.88. The van der Waals surface area contributed by atoms with E-state index in [2.05, 4.69) is 30.5 Å². The van der Waals surface area contributed by atoms with E-state index in [1.807, 2.05) is 43.7 Å². The van der Waals surface area contributed by atoms with E-state index in [9.17, 15) is 4.79 Å². The van der Waals surface area contributed by atoms with Gasteiger partial charge in [-0.3, -0.25) is 9.48 Å². The summed E-state index contributed by atoms with van der Waals surface area (Å²) in [6, 6.07) is 11.5. The Kier molecular flexibility index (Phi) is 5.24. The van der Waals surface area contributed by atoms with Crippen molar-refractivity contribution < 1.29 is 4.79 Å². The molecule has 3 aromatic heterocycles. The molecule has 0 saturated carbocycles. The number of nitrogens with zero attached hydrogens (tertiary/aromatic N) is 6. The van der Waals surface area contributed by atoms with Gasteiger partial charge in [0.2, 0.25) is 0 Å². The SMILES string of the molecule is Cn1cc(-c2ccc3nnc(NC(=O)c4ccnc(N5CCC(N)CC5)c4)cc3c2)cn1. The molecule has 3 N–H and O–H groups in total. The van der Waals surface area contributed by atoms with Crippen molar-refractivity contribution in [1.82, 2.24) is 25.0 Å². The Morgan fingerprint density at radius 3 is 2.72 bits per heavy atom. The number of nitrogens with one attached hydrogen (secondary N) is 1. The maximum atomic E-state index is 12.9. The minimum Gasteiger partial charge on any atom is -0.356 e. The quantitative estimate of drug-likeness (QED) is 0.513. The van der Waals surface area contributed by atoms with Crippen LogP contribution in [0.15, 0.2) is 55.0 Å². The van der Waals surface area contributed by atoms with Crippen molar-refractivity contribution in [3.05, 3.63) is 60.6 Å². The average molecular weight is 429 g/mol. The van der Waals surface area contributed by atoms with Crippen LogP contribution < -0.4 is 16.0 Å². The first-order valence-electron chi connectivity index (χ1n) is 10.6. The summed E-state index contributed by atoms with van der Waals surface area (Å²) in [5, 5.41) is 16.4. The predicted molar refractivity (Wildman–Crippen MR) is 123 cm³/mol. The van der Waals surface area contributed by atoms with E-state index in [-0.39, 0.29) is 11.9 Å². The van der Waals surface area contributed by atoms with Gasteiger partial charge in [-0.05, 0) is 48.7 Å². The van der Waals surface area contributed by atoms with Crippen molar-refractivity contribution in [3.8, 4) is 11.1 Å². The molecule has 4 heterocycles. The highest BCUT2D eigenvalue weighted by atomic mass is 16.1. The number of hydrogen-bond acceptors (Lipinski definition) is 7. The van der Waals surface area contributed by atoms with Gasteiger partial charge in [-0.2, -0.15) is 5.10 Å². The lowest BCUT2D eigenvalue weighted by Gasteiger charge is -2.31. The van der Waals surface area contributed by atoms with E-state index < -0.39 is 0 Å². The monoisotopic (exact) mass is 428 g/mol. The molecule has 0 bridgehead atoms. The molecule has 32 heavy (non-hydrogen) atoms. The summed E-state index contributed by atoms with van der Waals surface area (Å²) >= 11 is 0. The molecule has 0 spiro atoms. The molecule has 1 aliphatic heterocycles. The number of aromatic nitrogens is 5. The molecule has 1 amide bonds. The van der Waals surface area contributed by atoms with Crippen molar-refractivity contribution in [2.45, 2.75) is 18.9 Å². The number of anilines is 2. The van der Waals surface area contributed by atoms with Crippen molar-refractivity contribution >= 4 is 28.4 Å². The summed E-state index contributed by atoms with van der Waals surface area (Å²) in [6.45, 7) is 1.68. The van der Waals surface area contributed by atoms with E-state index >= 15 is 0 Å². The number of pyridine rings is 1. The molecule has 1 aromatic carbocycles. The number of carbonyl (C=O) groups is 1. The van der Waals surface area contributed by atoms with Crippen molar-refractivity contribution in [2.24, 2.45) is 12.8 Å². The van der Waals surface area contributed by atoms with Crippen molar-refractivity contribution in [3.63, 3.8) is 0 Å². The van der Waals surface area contributed by atoms with Crippen LogP contribution in [0.25, 0.3) is 22.0 Å². The summed E-state index contributed by atoms with van der Waals surface area (Å²) < 4.78 is 1.76. The first kappa shape index (κ1) is 20.1. The molecule has 1 fully saturated rings. The highest BCUT2D eigenvalue weighted by molar-refractivity contribution is 6.04. The van der Waals surface area contributed by atoms with E-state index in [0.717, 1.165) is 53.8 Å². The third kappa shape index (κ3) is 4.15. The van der Waals surface area contributed by atoms with Crippen LogP contribution in [0.4, 0.5) is 11.6 Å².